The second-order valence-corrected chi connectivity index (χ2v) is 3.47. The number of allylic oxidation sites excluding steroid dienone is 4. The van der Waals surface area contributed by atoms with Gasteiger partial charge in [-0.25, -0.2) is 0 Å². The highest BCUT2D eigenvalue weighted by Crippen LogP contribution is 2.18. The van der Waals surface area contributed by atoms with Crippen molar-refractivity contribution in [2.75, 3.05) is 0 Å². The van der Waals surface area contributed by atoms with Gasteiger partial charge in [0, 0.05) is 0 Å². The van der Waals surface area contributed by atoms with Gasteiger partial charge in [0.05, 0.1) is 0 Å². The Morgan fingerprint density at radius 1 is 1.18 bits per heavy atom. The lowest BCUT2D eigenvalue weighted by atomic mass is 9.91. The maximum absolute atomic E-state index is 2.28. The maximum Gasteiger partial charge on any atom is -0.0208 e. The molecule has 0 saturated heterocycles. The Bertz CT molecular complexity index is 149. The van der Waals surface area contributed by atoms with Gasteiger partial charge in [-0.3, -0.25) is 0 Å². The molecule has 1 atom stereocenters. The minimum Gasteiger partial charge on any atom is -0.0877 e. The van der Waals surface area contributed by atoms with Crippen LogP contribution >= 0.6 is 0 Å². The van der Waals surface area contributed by atoms with Crippen LogP contribution in [0.2, 0.25) is 0 Å². The topological polar surface area (TPSA) is 0 Å². The van der Waals surface area contributed by atoms with Crippen LogP contribution in [0.4, 0.5) is 0 Å². The molecule has 1 unspecified atom stereocenters. The van der Waals surface area contributed by atoms with Crippen LogP contribution in [-0.4, -0.2) is 0 Å². The van der Waals surface area contributed by atoms with E-state index in [-0.39, 0.29) is 0 Å². The molecule has 0 aliphatic rings. The molecule has 64 valence electrons. The number of rotatable bonds is 3. The molecule has 0 radical (unpaired) electrons. The summed E-state index contributed by atoms with van der Waals surface area (Å²) in [5.41, 5.74) is 1.47. The van der Waals surface area contributed by atoms with Gasteiger partial charge in [-0.05, 0) is 25.7 Å². The molecule has 0 aliphatic carbocycles. The van der Waals surface area contributed by atoms with Crippen molar-refractivity contribution in [1.82, 2.24) is 0 Å². The van der Waals surface area contributed by atoms with Crippen LogP contribution in [0.5, 0.6) is 0 Å². The predicted molar refractivity (Wildman–Crippen MR) is 52.6 cm³/mol. The van der Waals surface area contributed by atoms with Crippen LogP contribution in [0, 0.1) is 11.8 Å². The third kappa shape index (κ3) is 4.02. The fourth-order valence-corrected chi connectivity index (χ4v) is 0.926. The summed E-state index contributed by atoms with van der Waals surface area (Å²) < 4.78 is 0. The Kier molecular flexibility index (Phi) is 4.93. The van der Waals surface area contributed by atoms with E-state index in [0.717, 1.165) is 5.92 Å². The van der Waals surface area contributed by atoms with Crippen molar-refractivity contribution in [1.29, 1.82) is 0 Å². The van der Waals surface area contributed by atoms with E-state index in [2.05, 4.69) is 45.9 Å². The van der Waals surface area contributed by atoms with E-state index in [9.17, 15) is 0 Å². The van der Waals surface area contributed by atoms with Crippen molar-refractivity contribution in [3.63, 3.8) is 0 Å². The van der Waals surface area contributed by atoms with Crippen LogP contribution in [-0.2, 0) is 0 Å². The standard InChI is InChI=1S/C11H20/c1-6-7-8-10(4)11(5)9(2)3/h6-9,11H,1-5H3. The Hall–Kier alpha value is -0.520. The first-order valence-corrected chi connectivity index (χ1v) is 4.39. The average molecular weight is 152 g/mol. The Balaban J connectivity index is 4.11. The summed E-state index contributed by atoms with van der Waals surface area (Å²) in [7, 11) is 0. The van der Waals surface area contributed by atoms with E-state index < -0.39 is 0 Å². The van der Waals surface area contributed by atoms with Gasteiger partial charge in [-0.2, -0.15) is 0 Å². The normalized spacial score (nSPS) is 16.4. The van der Waals surface area contributed by atoms with Gasteiger partial charge in [0.2, 0.25) is 0 Å². The first-order valence-electron chi connectivity index (χ1n) is 4.39. The van der Waals surface area contributed by atoms with Crippen LogP contribution in [0.25, 0.3) is 0 Å². The number of hydrogen-bond acceptors (Lipinski definition) is 0. The summed E-state index contributed by atoms with van der Waals surface area (Å²) in [6.45, 7) is 11.0. The fraction of sp³-hybridized carbons (Fsp3) is 0.636. The van der Waals surface area contributed by atoms with E-state index in [1.165, 1.54) is 5.57 Å². The van der Waals surface area contributed by atoms with E-state index in [1.807, 2.05) is 6.92 Å². The van der Waals surface area contributed by atoms with Crippen molar-refractivity contribution < 1.29 is 0 Å². The average Bonchev–Trinajstić information content (AvgIpc) is 1.98. The van der Waals surface area contributed by atoms with E-state index in [0.29, 0.717) is 5.92 Å². The van der Waals surface area contributed by atoms with Gasteiger partial charge in [0.25, 0.3) is 0 Å². The fourth-order valence-electron chi connectivity index (χ4n) is 0.926. The summed E-state index contributed by atoms with van der Waals surface area (Å²) in [5, 5.41) is 0. The summed E-state index contributed by atoms with van der Waals surface area (Å²) in [6, 6.07) is 0. The highest BCUT2D eigenvalue weighted by atomic mass is 14.1. The van der Waals surface area contributed by atoms with Crippen LogP contribution in [0.15, 0.2) is 23.8 Å². The quantitative estimate of drug-likeness (QED) is 0.539. The zero-order valence-corrected chi connectivity index (χ0v) is 8.39. The molecule has 0 fully saturated rings. The molecule has 0 aromatic rings. The second-order valence-electron chi connectivity index (χ2n) is 3.47. The molecule has 0 heterocycles. The van der Waals surface area contributed by atoms with Crippen molar-refractivity contribution >= 4 is 0 Å². The van der Waals surface area contributed by atoms with E-state index in [4.69, 9.17) is 0 Å². The number of hydrogen-bond donors (Lipinski definition) is 0. The summed E-state index contributed by atoms with van der Waals surface area (Å²) in [6.07, 6.45) is 6.37. The molecule has 0 bridgehead atoms. The molecular formula is C11H20. The summed E-state index contributed by atoms with van der Waals surface area (Å²) in [4.78, 5) is 0. The lowest BCUT2D eigenvalue weighted by Gasteiger charge is -2.15. The third-order valence-corrected chi connectivity index (χ3v) is 2.27. The molecule has 0 N–H and O–H groups in total. The molecule has 0 aliphatic heterocycles. The molecular weight excluding hydrogens is 132 g/mol. The lowest BCUT2D eigenvalue weighted by molar-refractivity contribution is 0.480. The second kappa shape index (κ2) is 5.17. The van der Waals surface area contributed by atoms with Crippen molar-refractivity contribution in [2.45, 2.75) is 34.6 Å². The van der Waals surface area contributed by atoms with Crippen LogP contribution in [0.1, 0.15) is 34.6 Å². The zero-order chi connectivity index (χ0) is 8.85. The van der Waals surface area contributed by atoms with Crippen LogP contribution in [0.3, 0.4) is 0 Å². The molecule has 0 saturated carbocycles. The molecule has 0 rings (SSSR count). The van der Waals surface area contributed by atoms with Crippen molar-refractivity contribution in [3.05, 3.63) is 23.8 Å². The minimum absolute atomic E-state index is 0.700. The summed E-state index contributed by atoms with van der Waals surface area (Å²) in [5.74, 6) is 1.45. The van der Waals surface area contributed by atoms with Gasteiger partial charge in [-0.15, -0.1) is 0 Å². The molecule has 0 amide bonds. The smallest absolute Gasteiger partial charge is 0.0208 e. The van der Waals surface area contributed by atoms with E-state index >= 15 is 0 Å². The molecule has 0 spiro atoms. The van der Waals surface area contributed by atoms with Crippen molar-refractivity contribution in [2.24, 2.45) is 11.8 Å². The Morgan fingerprint density at radius 2 is 1.73 bits per heavy atom. The van der Waals surface area contributed by atoms with Gasteiger partial charge in [0.15, 0.2) is 0 Å². The molecule has 0 nitrogen and oxygen atoms in total. The molecule has 0 aromatic carbocycles. The van der Waals surface area contributed by atoms with Gasteiger partial charge in [-0.1, -0.05) is 44.6 Å². The predicted octanol–water partition coefficient (Wildman–Crippen LogP) is 3.80. The van der Waals surface area contributed by atoms with Crippen molar-refractivity contribution in [3.8, 4) is 0 Å². The lowest BCUT2D eigenvalue weighted by Crippen LogP contribution is -2.04. The van der Waals surface area contributed by atoms with Gasteiger partial charge < -0.3 is 0 Å². The molecule has 11 heavy (non-hydrogen) atoms. The SMILES string of the molecule is CC=CC=C(C)C(C)C(C)C. The molecule has 0 heteroatoms. The van der Waals surface area contributed by atoms with Gasteiger partial charge >= 0.3 is 0 Å². The Labute approximate surface area is 71.0 Å². The first-order chi connectivity index (χ1) is 5.09. The highest BCUT2D eigenvalue weighted by Gasteiger charge is 2.07. The molecule has 0 aromatic heterocycles. The monoisotopic (exact) mass is 152 g/mol. The summed E-state index contributed by atoms with van der Waals surface area (Å²) >= 11 is 0. The van der Waals surface area contributed by atoms with Gasteiger partial charge in [0.1, 0.15) is 0 Å². The largest absolute Gasteiger partial charge is 0.0877 e. The van der Waals surface area contributed by atoms with E-state index in [1.54, 1.807) is 0 Å². The highest BCUT2D eigenvalue weighted by molar-refractivity contribution is 5.12. The zero-order valence-electron chi connectivity index (χ0n) is 8.39. The first kappa shape index (κ1) is 10.5. The third-order valence-electron chi connectivity index (χ3n) is 2.27. The Morgan fingerprint density at radius 3 is 2.09 bits per heavy atom. The van der Waals surface area contributed by atoms with Crippen LogP contribution < -0.4 is 0 Å². The maximum atomic E-state index is 2.28. The minimum atomic E-state index is 0.700.